The minimum absolute atomic E-state index is 0.0619. The number of hydrogen-bond acceptors (Lipinski definition) is 7. The number of aryl methyl sites for hydroxylation is 2. The Morgan fingerprint density at radius 1 is 1.27 bits per heavy atom. The quantitative estimate of drug-likeness (QED) is 0.459. The van der Waals surface area contributed by atoms with Gasteiger partial charge in [-0.3, -0.25) is 0 Å². The lowest BCUT2D eigenvalue weighted by molar-refractivity contribution is 0.0992. The van der Waals surface area contributed by atoms with Crippen molar-refractivity contribution >= 4 is 39.1 Å². The van der Waals surface area contributed by atoms with E-state index in [4.69, 9.17) is 9.84 Å². The topological polar surface area (TPSA) is 67.3 Å². The lowest BCUT2D eigenvalue weighted by Crippen LogP contribution is -2.13. The van der Waals surface area contributed by atoms with Gasteiger partial charge in [-0.25, -0.2) is 9.97 Å². The van der Waals surface area contributed by atoms with Crippen molar-refractivity contribution in [1.82, 2.24) is 9.97 Å². The number of fused-ring (bicyclic) bond motifs is 3. The normalized spacial score (nSPS) is 14.3. The highest BCUT2D eigenvalue weighted by Crippen LogP contribution is 2.39. The van der Waals surface area contributed by atoms with Crippen molar-refractivity contribution in [2.45, 2.75) is 30.8 Å². The van der Waals surface area contributed by atoms with Crippen LogP contribution in [-0.4, -0.2) is 47.7 Å². The van der Waals surface area contributed by atoms with Crippen LogP contribution in [0.3, 0.4) is 0 Å². The zero-order valence-electron chi connectivity index (χ0n) is 12.7. The predicted octanol–water partition coefficient (Wildman–Crippen LogP) is 2.71. The summed E-state index contributed by atoms with van der Waals surface area (Å²) in [6.45, 7) is 1.69. The molecule has 2 heterocycles. The first-order valence-corrected chi connectivity index (χ1v) is 9.66. The number of aliphatic hydroxyl groups excluding tert-OH is 1. The van der Waals surface area contributed by atoms with E-state index < -0.39 is 0 Å². The zero-order chi connectivity index (χ0) is 15.4. The standard InChI is InChI=1S/C15H21N3O2S2/c1-21-15-17-13(16-6-8-20-9-7-19)12-10-4-2-3-5-11(10)22-14(12)18-15/h19H,2-9H2,1H3,(H,16,17,18). The Kier molecular flexibility index (Phi) is 5.51. The van der Waals surface area contributed by atoms with Crippen LogP contribution in [0.5, 0.6) is 0 Å². The molecule has 0 fully saturated rings. The fourth-order valence-corrected chi connectivity index (χ4v) is 4.45. The first-order chi connectivity index (χ1) is 10.8. The van der Waals surface area contributed by atoms with Crippen molar-refractivity contribution in [2.24, 2.45) is 0 Å². The van der Waals surface area contributed by atoms with Crippen molar-refractivity contribution in [3.63, 3.8) is 0 Å². The van der Waals surface area contributed by atoms with Gasteiger partial charge in [0.05, 0.1) is 25.2 Å². The maximum atomic E-state index is 8.73. The maximum Gasteiger partial charge on any atom is 0.190 e. The second-order valence-corrected chi connectivity index (χ2v) is 7.07. The van der Waals surface area contributed by atoms with Crippen LogP contribution in [-0.2, 0) is 17.6 Å². The summed E-state index contributed by atoms with van der Waals surface area (Å²) in [6, 6.07) is 0. The number of anilines is 1. The number of thiophene rings is 1. The molecule has 7 heteroatoms. The molecular weight excluding hydrogens is 318 g/mol. The molecule has 0 amide bonds. The van der Waals surface area contributed by atoms with Gasteiger partial charge in [-0.15, -0.1) is 11.3 Å². The minimum Gasteiger partial charge on any atom is -0.394 e. The van der Waals surface area contributed by atoms with Gasteiger partial charge in [0.1, 0.15) is 10.6 Å². The lowest BCUT2D eigenvalue weighted by atomic mass is 9.97. The molecule has 3 rings (SSSR count). The van der Waals surface area contributed by atoms with Gasteiger partial charge in [0.25, 0.3) is 0 Å². The van der Waals surface area contributed by atoms with Crippen LogP contribution < -0.4 is 5.32 Å². The lowest BCUT2D eigenvalue weighted by Gasteiger charge is -2.13. The van der Waals surface area contributed by atoms with Crippen LogP contribution in [0.1, 0.15) is 23.3 Å². The van der Waals surface area contributed by atoms with Gasteiger partial charge in [-0.2, -0.15) is 0 Å². The molecule has 0 saturated heterocycles. The van der Waals surface area contributed by atoms with Gasteiger partial charge in [0.15, 0.2) is 5.16 Å². The highest BCUT2D eigenvalue weighted by molar-refractivity contribution is 7.98. The monoisotopic (exact) mass is 339 g/mol. The van der Waals surface area contributed by atoms with Crippen LogP contribution >= 0.6 is 23.1 Å². The highest BCUT2D eigenvalue weighted by Gasteiger charge is 2.20. The second kappa shape index (κ2) is 7.59. The van der Waals surface area contributed by atoms with E-state index in [0.29, 0.717) is 19.8 Å². The van der Waals surface area contributed by atoms with Crippen LogP contribution in [0.25, 0.3) is 10.2 Å². The van der Waals surface area contributed by atoms with E-state index in [2.05, 4.69) is 15.3 Å². The molecule has 0 bridgehead atoms. The van der Waals surface area contributed by atoms with Gasteiger partial charge in [-0.1, -0.05) is 11.8 Å². The fraction of sp³-hybridized carbons (Fsp3) is 0.600. The Balaban J connectivity index is 1.87. The largest absolute Gasteiger partial charge is 0.394 e. The summed E-state index contributed by atoms with van der Waals surface area (Å²) in [5.41, 5.74) is 1.44. The van der Waals surface area contributed by atoms with Gasteiger partial charge >= 0.3 is 0 Å². The molecule has 0 aromatic carbocycles. The summed E-state index contributed by atoms with van der Waals surface area (Å²) in [6.07, 6.45) is 6.84. The summed E-state index contributed by atoms with van der Waals surface area (Å²) >= 11 is 3.39. The molecule has 0 unspecified atom stereocenters. The van der Waals surface area contributed by atoms with Crippen molar-refractivity contribution in [3.05, 3.63) is 10.4 Å². The van der Waals surface area contributed by atoms with Crippen molar-refractivity contribution < 1.29 is 9.84 Å². The summed E-state index contributed by atoms with van der Waals surface area (Å²) < 4.78 is 5.31. The molecule has 0 spiro atoms. The fourth-order valence-electron chi connectivity index (χ4n) is 2.77. The van der Waals surface area contributed by atoms with E-state index >= 15 is 0 Å². The van der Waals surface area contributed by atoms with E-state index in [-0.39, 0.29) is 6.61 Å². The molecule has 22 heavy (non-hydrogen) atoms. The van der Waals surface area contributed by atoms with Crippen LogP contribution in [0.2, 0.25) is 0 Å². The summed E-state index contributed by atoms with van der Waals surface area (Å²) in [5, 5.41) is 14.1. The number of aliphatic hydroxyl groups is 1. The first kappa shape index (κ1) is 16.0. The Bertz CT molecular complexity index is 645. The number of hydrogen-bond donors (Lipinski definition) is 2. The molecule has 2 aromatic rings. The maximum absolute atomic E-state index is 8.73. The number of ether oxygens (including phenoxy) is 1. The third-order valence-corrected chi connectivity index (χ3v) is 5.48. The van der Waals surface area contributed by atoms with Gasteiger partial charge in [-0.05, 0) is 37.5 Å². The van der Waals surface area contributed by atoms with Crippen LogP contribution in [0.15, 0.2) is 5.16 Å². The summed E-state index contributed by atoms with van der Waals surface area (Å²) in [5.74, 6) is 0.932. The molecule has 120 valence electrons. The van der Waals surface area contributed by atoms with E-state index in [9.17, 15) is 0 Å². The summed E-state index contributed by atoms with van der Waals surface area (Å²) in [7, 11) is 0. The molecular formula is C15H21N3O2S2. The van der Waals surface area contributed by atoms with Gasteiger partial charge in [0, 0.05) is 11.4 Å². The zero-order valence-corrected chi connectivity index (χ0v) is 14.4. The molecule has 0 atom stereocenters. The predicted molar refractivity (Wildman–Crippen MR) is 92.2 cm³/mol. The van der Waals surface area contributed by atoms with E-state index in [0.717, 1.165) is 22.2 Å². The van der Waals surface area contributed by atoms with Crippen molar-refractivity contribution in [1.29, 1.82) is 0 Å². The molecule has 0 saturated carbocycles. The average Bonchev–Trinajstić information content (AvgIpc) is 2.92. The van der Waals surface area contributed by atoms with Crippen LogP contribution in [0, 0.1) is 0 Å². The molecule has 2 N–H and O–H groups in total. The highest BCUT2D eigenvalue weighted by atomic mass is 32.2. The third-order valence-electron chi connectivity index (χ3n) is 3.75. The molecule has 5 nitrogen and oxygen atoms in total. The van der Waals surface area contributed by atoms with E-state index in [1.165, 1.54) is 35.1 Å². The SMILES string of the molecule is CSc1nc(NCCOCCO)c2c3c(sc2n1)CCCC3. The molecule has 1 aliphatic carbocycles. The Hall–Kier alpha value is -0.890. The smallest absolute Gasteiger partial charge is 0.190 e. The van der Waals surface area contributed by atoms with Crippen LogP contribution in [0.4, 0.5) is 5.82 Å². The number of aromatic nitrogens is 2. The van der Waals surface area contributed by atoms with Crippen molar-refractivity contribution in [2.75, 3.05) is 37.9 Å². The first-order valence-electron chi connectivity index (χ1n) is 7.62. The van der Waals surface area contributed by atoms with Gasteiger partial charge < -0.3 is 15.2 Å². The number of rotatable bonds is 7. The Morgan fingerprint density at radius 2 is 2.14 bits per heavy atom. The molecule has 1 aliphatic rings. The van der Waals surface area contributed by atoms with Crippen molar-refractivity contribution in [3.8, 4) is 0 Å². The summed E-state index contributed by atoms with van der Waals surface area (Å²) in [4.78, 5) is 11.9. The minimum atomic E-state index is 0.0619. The van der Waals surface area contributed by atoms with E-state index in [1.54, 1.807) is 11.8 Å². The second-order valence-electron chi connectivity index (χ2n) is 5.21. The number of nitrogens with zero attached hydrogens (tertiary/aromatic N) is 2. The van der Waals surface area contributed by atoms with E-state index in [1.807, 2.05) is 17.6 Å². The molecule has 0 aliphatic heterocycles. The van der Waals surface area contributed by atoms with Gasteiger partial charge in [0.2, 0.25) is 0 Å². The molecule has 2 aromatic heterocycles. The average molecular weight is 339 g/mol. The number of nitrogens with one attached hydrogen (secondary N) is 1. The third kappa shape index (κ3) is 3.37. The Morgan fingerprint density at radius 3 is 2.95 bits per heavy atom. The number of thioether (sulfide) groups is 1. The Labute approximate surface area is 138 Å². The molecule has 0 radical (unpaired) electrons.